The van der Waals surface area contributed by atoms with E-state index in [4.69, 9.17) is 0 Å². The Bertz CT molecular complexity index is 712. The smallest absolute Gasteiger partial charge is 0.345 e. The van der Waals surface area contributed by atoms with E-state index in [-0.39, 0.29) is 0 Å². The molecule has 1 aromatic rings. The van der Waals surface area contributed by atoms with Crippen molar-refractivity contribution < 1.29 is 22.8 Å². The molecule has 2 aliphatic heterocycles. The zero-order valence-electron chi connectivity index (χ0n) is 15.1. The number of hydrogen-bond donors (Lipinski definition) is 2. The van der Waals surface area contributed by atoms with Gasteiger partial charge in [0.1, 0.15) is 12.6 Å². The fourth-order valence-corrected chi connectivity index (χ4v) is 6.10. The highest BCUT2D eigenvalue weighted by Gasteiger charge is 2.36. The van der Waals surface area contributed by atoms with Gasteiger partial charge in [0.25, 0.3) is 0 Å². The summed E-state index contributed by atoms with van der Waals surface area (Å²) in [4.78, 5) is 26.0. The van der Waals surface area contributed by atoms with E-state index in [0.29, 0.717) is 29.7 Å². The summed E-state index contributed by atoms with van der Waals surface area (Å²) in [7, 11) is 0. The minimum atomic E-state index is -4.48. The highest BCUT2D eigenvalue weighted by Crippen LogP contribution is 2.44. The van der Waals surface area contributed by atoms with Crippen molar-refractivity contribution in [2.75, 3.05) is 29.9 Å². The van der Waals surface area contributed by atoms with Gasteiger partial charge in [-0.3, -0.25) is 4.79 Å². The van der Waals surface area contributed by atoms with Crippen molar-refractivity contribution in [3.05, 3.63) is 29.8 Å². The number of anilines is 1. The standard InChI is InChI=1S/C18H22F3N3O2S2/c19-18(20,21)11-22-15(25)14-6-2-7-24(14)17(26)23-13-5-1-4-12(10-13)16-27-8-3-9-28-16/h1,4-5,10,14,16H,2-3,6-9,11H2,(H,22,25)(H,23,26). The predicted octanol–water partition coefficient (Wildman–Crippen LogP) is 4.23. The summed E-state index contributed by atoms with van der Waals surface area (Å²) in [6, 6.07) is 6.24. The number of alkyl halides is 3. The number of halogens is 3. The number of urea groups is 1. The van der Waals surface area contributed by atoms with E-state index in [9.17, 15) is 22.8 Å². The zero-order chi connectivity index (χ0) is 20.1. The van der Waals surface area contributed by atoms with Crippen LogP contribution in [0.3, 0.4) is 0 Å². The van der Waals surface area contributed by atoms with Crippen LogP contribution in [0.1, 0.15) is 29.4 Å². The Kier molecular flexibility index (Phi) is 7.03. The molecule has 154 valence electrons. The first kappa shape index (κ1) is 21.2. The quantitative estimate of drug-likeness (QED) is 0.746. The number of thioether (sulfide) groups is 2. The first-order valence-corrected chi connectivity index (χ1v) is 11.2. The molecule has 0 radical (unpaired) electrons. The number of nitrogens with one attached hydrogen (secondary N) is 2. The van der Waals surface area contributed by atoms with Crippen molar-refractivity contribution in [2.45, 2.75) is 36.1 Å². The molecule has 2 heterocycles. The summed E-state index contributed by atoms with van der Waals surface area (Å²) in [5.74, 6) is 1.45. The lowest BCUT2D eigenvalue weighted by molar-refractivity contribution is -0.140. The highest BCUT2D eigenvalue weighted by atomic mass is 32.2. The van der Waals surface area contributed by atoms with E-state index in [1.807, 2.05) is 47.0 Å². The van der Waals surface area contributed by atoms with Gasteiger partial charge in [-0.15, -0.1) is 23.5 Å². The molecule has 0 aromatic heterocycles. The molecular weight excluding hydrogens is 411 g/mol. The van der Waals surface area contributed by atoms with E-state index < -0.39 is 30.7 Å². The van der Waals surface area contributed by atoms with Crippen LogP contribution in [-0.4, -0.2) is 53.7 Å². The summed E-state index contributed by atoms with van der Waals surface area (Å²) in [6.07, 6.45) is -2.36. The molecule has 2 saturated heterocycles. The van der Waals surface area contributed by atoms with Crippen LogP contribution in [-0.2, 0) is 4.79 Å². The van der Waals surface area contributed by atoms with Gasteiger partial charge >= 0.3 is 12.2 Å². The Morgan fingerprint density at radius 3 is 2.64 bits per heavy atom. The molecule has 2 aliphatic rings. The Morgan fingerprint density at radius 1 is 1.18 bits per heavy atom. The predicted molar refractivity (Wildman–Crippen MR) is 107 cm³/mol. The number of likely N-dealkylation sites (tertiary alicyclic amines) is 1. The van der Waals surface area contributed by atoms with E-state index in [0.717, 1.165) is 17.1 Å². The van der Waals surface area contributed by atoms with Crippen LogP contribution in [0.4, 0.5) is 23.7 Å². The third kappa shape index (κ3) is 5.73. The Labute approximate surface area is 170 Å². The Balaban J connectivity index is 1.61. The van der Waals surface area contributed by atoms with Crippen LogP contribution in [0.2, 0.25) is 0 Å². The van der Waals surface area contributed by atoms with E-state index in [1.54, 1.807) is 6.07 Å². The van der Waals surface area contributed by atoms with E-state index >= 15 is 0 Å². The normalized spacial score (nSPS) is 20.8. The molecule has 2 fully saturated rings. The number of carbonyl (C=O) groups excluding carboxylic acids is 2. The van der Waals surface area contributed by atoms with Crippen LogP contribution in [0, 0.1) is 0 Å². The second-order valence-electron chi connectivity index (χ2n) is 6.67. The fourth-order valence-electron chi connectivity index (χ4n) is 3.23. The average molecular weight is 434 g/mol. The van der Waals surface area contributed by atoms with Gasteiger partial charge < -0.3 is 15.5 Å². The topological polar surface area (TPSA) is 61.4 Å². The number of rotatable bonds is 4. The molecule has 0 aliphatic carbocycles. The molecule has 2 N–H and O–H groups in total. The van der Waals surface area contributed by atoms with Crippen LogP contribution >= 0.6 is 23.5 Å². The number of amides is 3. The fraction of sp³-hybridized carbons (Fsp3) is 0.556. The van der Waals surface area contributed by atoms with Gasteiger partial charge in [-0.05, 0) is 48.5 Å². The number of nitrogens with zero attached hydrogens (tertiary/aromatic N) is 1. The summed E-state index contributed by atoms with van der Waals surface area (Å²) in [5.41, 5.74) is 1.74. The van der Waals surface area contributed by atoms with Gasteiger partial charge in [-0.1, -0.05) is 12.1 Å². The minimum absolute atomic E-state index is 0.332. The first-order chi connectivity index (χ1) is 13.3. The van der Waals surface area contributed by atoms with Gasteiger partial charge in [0.05, 0.1) is 4.58 Å². The third-order valence-corrected chi connectivity index (χ3v) is 7.53. The molecule has 0 bridgehead atoms. The molecule has 3 rings (SSSR count). The third-order valence-electron chi connectivity index (χ3n) is 4.52. The second-order valence-corrected chi connectivity index (χ2v) is 9.39. The number of hydrogen-bond acceptors (Lipinski definition) is 4. The molecule has 5 nitrogen and oxygen atoms in total. The van der Waals surface area contributed by atoms with Crippen LogP contribution in [0.25, 0.3) is 0 Å². The van der Waals surface area contributed by atoms with Crippen molar-refractivity contribution in [3.63, 3.8) is 0 Å². The largest absolute Gasteiger partial charge is 0.405 e. The number of carbonyl (C=O) groups is 2. The second kappa shape index (κ2) is 9.30. The van der Waals surface area contributed by atoms with Gasteiger partial charge in [-0.25, -0.2) is 4.79 Å². The molecular formula is C18H22F3N3O2S2. The Hall–Kier alpha value is -1.55. The van der Waals surface area contributed by atoms with Gasteiger partial charge in [0.15, 0.2) is 0 Å². The van der Waals surface area contributed by atoms with Crippen molar-refractivity contribution >= 4 is 41.1 Å². The Morgan fingerprint density at radius 2 is 1.93 bits per heavy atom. The van der Waals surface area contributed by atoms with Gasteiger partial charge in [-0.2, -0.15) is 13.2 Å². The highest BCUT2D eigenvalue weighted by molar-refractivity contribution is 8.16. The summed E-state index contributed by atoms with van der Waals surface area (Å²) < 4.78 is 37.3. The molecule has 0 saturated carbocycles. The van der Waals surface area contributed by atoms with Crippen LogP contribution < -0.4 is 10.6 Å². The zero-order valence-corrected chi connectivity index (χ0v) is 16.8. The molecule has 10 heteroatoms. The maximum absolute atomic E-state index is 12.6. The van der Waals surface area contributed by atoms with Crippen molar-refractivity contribution in [1.29, 1.82) is 0 Å². The summed E-state index contributed by atoms with van der Waals surface area (Å²) in [5, 5.41) is 4.66. The molecule has 3 amide bonds. The summed E-state index contributed by atoms with van der Waals surface area (Å²) >= 11 is 3.75. The van der Waals surface area contributed by atoms with Crippen LogP contribution in [0.15, 0.2) is 24.3 Å². The van der Waals surface area contributed by atoms with Crippen LogP contribution in [0.5, 0.6) is 0 Å². The lowest BCUT2D eigenvalue weighted by Gasteiger charge is -2.25. The molecule has 0 spiro atoms. The monoisotopic (exact) mass is 433 g/mol. The van der Waals surface area contributed by atoms with E-state index in [1.165, 1.54) is 11.3 Å². The number of benzene rings is 1. The van der Waals surface area contributed by atoms with Crippen molar-refractivity contribution in [1.82, 2.24) is 10.2 Å². The molecule has 1 aromatic carbocycles. The van der Waals surface area contributed by atoms with E-state index in [2.05, 4.69) is 5.32 Å². The SMILES string of the molecule is O=C(NCC(F)(F)F)C1CCCN1C(=O)Nc1cccc(C2SCCCS2)c1. The average Bonchev–Trinajstić information content (AvgIpc) is 3.16. The maximum atomic E-state index is 12.6. The lowest BCUT2D eigenvalue weighted by Crippen LogP contribution is -2.49. The molecule has 28 heavy (non-hydrogen) atoms. The van der Waals surface area contributed by atoms with Crippen molar-refractivity contribution in [3.8, 4) is 0 Å². The van der Waals surface area contributed by atoms with Gasteiger partial charge in [0.2, 0.25) is 5.91 Å². The maximum Gasteiger partial charge on any atom is 0.405 e. The molecule has 1 unspecified atom stereocenters. The van der Waals surface area contributed by atoms with Gasteiger partial charge in [0, 0.05) is 12.2 Å². The minimum Gasteiger partial charge on any atom is -0.345 e. The van der Waals surface area contributed by atoms with Crippen molar-refractivity contribution in [2.24, 2.45) is 0 Å². The lowest BCUT2D eigenvalue weighted by atomic mass is 10.2. The molecule has 1 atom stereocenters. The first-order valence-electron chi connectivity index (χ1n) is 9.09. The summed E-state index contributed by atoms with van der Waals surface area (Å²) in [6.45, 7) is -1.06.